The quantitative estimate of drug-likeness (QED) is 0.680. The molecule has 1 aliphatic rings. The van der Waals surface area contributed by atoms with Gasteiger partial charge in [0, 0.05) is 18.8 Å². The molecule has 4 atom stereocenters. The monoisotopic (exact) mass is 202 g/mol. The summed E-state index contributed by atoms with van der Waals surface area (Å²) in [5.41, 5.74) is 0. The Hall–Kier alpha value is -0.610. The van der Waals surface area contributed by atoms with Gasteiger partial charge >= 0.3 is 5.97 Å². The van der Waals surface area contributed by atoms with Crippen molar-refractivity contribution in [2.45, 2.75) is 33.0 Å². The van der Waals surface area contributed by atoms with Crippen LogP contribution in [0.3, 0.4) is 0 Å². The molecule has 0 amide bonds. The summed E-state index contributed by atoms with van der Waals surface area (Å²) in [4.78, 5) is 10.6. The van der Waals surface area contributed by atoms with E-state index in [9.17, 15) is 9.90 Å². The smallest absolute Gasteiger partial charge is 0.302 e. The molecule has 1 aliphatic heterocycles. The predicted molar refractivity (Wildman–Crippen MR) is 50.7 cm³/mol. The minimum Gasteiger partial charge on any atom is -0.465 e. The summed E-state index contributed by atoms with van der Waals surface area (Å²) >= 11 is 0. The van der Waals surface area contributed by atoms with E-state index in [1.807, 2.05) is 13.8 Å². The molecule has 1 fully saturated rings. The van der Waals surface area contributed by atoms with E-state index in [1.165, 1.54) is 6.92 Å². The van der Waals surface area contributed by atoms with Gasteiger partial charge in [-0.15, -0.1) is 0 Å². The minimum absolute atomic E-state index is 0.00986. The van der Waals surface area contributed by atoms with Crippen LogP contribution in [0.4, 0.5) is 0 Å². The molecule has 1 saturated heterocycles. The molecule has 0 radical (unpaired) electrons. The number of carbonyl (C=O) groups is 1. The number of aliphatic hydroxyl groups is 1. The third kappa shape index (κ3) is 2.69. The van der Waals surface area contributed by atoms with Crippen LogP contribution < -0.4 is 0 Å². The molecule has 0 aliphatic carbocycles. The van der Waals surface area contributed by atoms with Gasteiger partial charge in [-0.3, -0.25) is 4.79 Å². The Kier molecular flexibility index (Phi) is 3.89. The van der Waals surface area contributed by atoms with Crippen LogP contribution in [0.1, 0.15) is 20.8 Å². The van der Waals surface area contributed by atoms with Crippen molar-refractivity contribution in [2.75, 3.05) is 13.2 Å². The molecule has 0 spiro atoms. The van der Waals surface area contributed by atoms with E-state index in [4.69, 9.17) is 9.47 Å². The lowest BCUT2D eigenvalue weighted by atomic mass is 9.92. The number of aliphatic hydroxyl groups excluding tert-OH is 1. The molecule has 1 rings (SSSR count). The zero-order valence-electron chi connectivity index (χ0n) is 8.90. The number of hydrogen-bond acceptors (Lipinski definition) is 4. The Morgan fingerprint density at radius 1 is 1.71 bits per heavy atom. The fourth-order valence-electron chi connectivity index (χ4n) is 1.76. The lowest BCUT2D eigenvalue weighted by molar-refractivity contribution is -0.143. The topological polar surface area (TPSA) is 55.8 Å². The highest BCUT2D eigenvalue weighted by atomic mass is 16.5. The van der Waals surface area contributed by atoms with E-state index in [1.54, 1.807) is 0 Å². The third-order valence-electron chi connectivity index (χ3n) is 2.69. The van der Waals surface area contributed by atoms with E-state index in [-0.39, 0.29) is 30.0 Å². The second-order valence-electron chi connectivity index (χ2n) is 4.00. The van der Waals surface area contributed by atoms with Crippen molar-refractivity contribution in [3.05, 3.63) is 0 Å². The summed E-state index contributed by atoms with van der Waals surface area (Å²) in [5, 5.41) is 9.46. The van der Waals surface area contributed by atoms with Gasteiger partial charge in [0.1, 0.15) is 0 Å². The Labute approximate surface area is 84.2 Å². The zero-order valence-corrected chi connectivity index (χ0v) is 8.90. The average Bonchev–Trinajstić information content (AvgIpc) is 2.44. The SMILES string of the molecule is CC(=O)OCC(C)C1OC[C@@H](O)[C@@H]1C. The lowest BCUT2D eigenvalue weighted by Crippen LogP contribution is -2.29. The van der Waals surface area contributed by atoms with E-state index < -0.39 is 0 Å². The van der Waals surface area contributed by atoms with Gasteiger partial charge < -0.3 is 14.6 Å². The summed E-state index contributed by atoms with van der Waals surface area (Å²) in [7, 11) is 0. The van der Waals surface area contributed by atoms with Gasteiger partial charge in [0.05, 0.1) is 25.4 Å². The van der Waals surface area contributed by atoms with Gasteiger partial charge in [-0.2, -0.15) is 0 Å². The van der Waals surface area contributed by atoms with Gasteiger partial charge in [-0.05, 0) is 0 Å². The molecule has 0 bridgehead atoms. The maximum Gasteiger partial charge on any atom is 0.302 e. The van der Waals surface area contributed by atoms with Crippen LogP contribution in [0.5, 0.6) is 0 Å². The first-order valence-electron chi connectivity index (χ1n) is 4.95. The molecular formula is C10H18O4. The van der Waals surface area contributed by atoms with E-state index in [0.29, 0.717) is 13.2 Å². The molecule has 2 unspecified atom stereocenters. The first kappa shape index (κ1) is 11.5. The molecule has 1 N–H and O–H groups in total. The van der Waals surface area contributed by atoms with Crippen LogP contribution >= 0.6 is 0 Å². The maximum atomic E-state index is 10.6. The van der Waals surface area contributed by atoms with Crippen molar-refractivity contribution in [1.29, 1.82) is 0 Å². The largest absolute Gasteiger partial charge is 0.465 e. The zero-order chi connectivity index (χ0) is 10.7. The van der Waals surface area contributed by atoms with Crippen LogP contribution in [0, 0.1) is 11.8 Å². The van der Waals surface area contributed by atoms with E-state index in [0.717, 1.165) is 0 Å². The fraction of sp³-hybridized carbons (Fsp3) is 0.900. The third-order valence-corrected chi connectivity index (χ3v) is 2.69. The molecule has 0 saturated carbocycles. The van der Waals surface area contributed by atoms with Crippen molar-refractivity contribution in [3.8, 4) is 0 Å². The fourth-order valence-corrected chi connectivity index (χ4v) is 1.76. The molecule has 14 heavy (non-hydrogen) atoms. The first-order valence-corrected chi connectivity index (χ1v) is 4.95. The summed E-state index contributed by atoms with van der Waals surface area (Å²) < 4.78 is 10.3. The highest BCUT2D eigenvalue weighted by molar-refractivity contribution is 5.65. The maximum absolute atomic E-state index is 10.6. The minimum atomic E-state index is -0.389. The van der Waals surface area contributed by atoms with E-state index >= 15 is 0 Å². The number of ether oxygens (including phenoxy) is 2. The first-order chi connectivity index (χ1) is 6.52. The van der Waals surface area contributed by atoms with Crippen LogP contribution in [0.25, 0.3) is 0 Å². The van der Waals surface area contributed by atoms with Gasteiger partial charge in [0.15, 0.2) is 0 Å². The van der Waals surface area contributed by atoms with E-state index in [2.05, 4.69) is 0 Å². The number of hydrogen-bond donors (Lipinski definition) is 1. The van der Waals surface area contributed by atoms with Gasteiger partial charge in [-0.25, -0.2) is 0 Å². The summed E-state index contributed by atoms with van der Waals surface area (Å²) in [6.07, 6.45) is -0.399. The molecule has 4 nitrogen and oxygen atoms in total. The highest BCUT2D eigenvalue weighted by Gasteiger charge is 2.36. The number of esters is 1. The molecular weight excluding hydrogens is 184 g/mol. The van der Waals surface area contributed by atoms with Crippen molar-refractivity contribution in [3.63, 3.8) is 0 Å². The molecule has 0 aromatic carbocycles. The number of rotatable bonds is 3. The Morgan fingerprint density at radius 2 is 2.36 bits per heavy atom. The molecule has 0 aromatic rings. The molecule has 82 valence electrons. The second-order valence-corrected chi connectivity index (χ2v) is 4.00. The Morgan fingerprint density at radius 3 is 2.79 bits per heavy atom. The summed E-state index contributed by atoms with van der Waals surface area (Å²) in [6.45, 7) is 6.04. The molecule has 0 aromatic heterocycles. The van der Waals surface area contributed by atoms with Gasteiger partial charge in [0.25, 0.3) is 0 Å². The molecule has 4 heteroatoms. The highest BCUT2D eigenvalue weighted by Crippen LogP contribution is 2.26. The van der Waals surface area contributed by atoms with Crippen LogP contribution in [-0.2, 0) is 14.3 Å². The normalized spacial score (nSPS) is 34.1. The van der Waals surface area contributed by atoms with Crippen LogP contribution in [0.15, 0.2) is 0 Å². The summed E-state index contributed by atoms with van der Waals surface area (Å²) in [6, 6.07) is 0. The standard InChI is InChI=1S/C10H18O4/c1-6(4-13-8(3)11)10-7(2)9(12)5-14-10/h6-7,9-10,12H,4-5H2,1-3H3/t6?,7-,9+,10?/m0/s1. The van der Waals surface area contributed by atoms with Crippen LogP contribution in [-0.4, -0.2) is 36.5 Å². The molecule has 1 heterocycles. The average molecular weight is 202 g/mol. The number of carbonyl (C=O) groups excluding carboxylic acids is 1. The van der Waals surface area contributed by atoms with Crippen molar-refractivity contribution in [2.24, 2.45) is 11.8 Å². The second kappa shape index (κ2) is 4.75. The van der Waals surface area contributed by atoms with Crippen molar-refractivity contribution >= 4 is 5.97 Å². The van der Waals surface area contributed by atoms with Gasteiger partial charge in [-0.1, -0.05) is 13.8 Å². The van der Waals surface area contributed by atoms with Crippen molar-refractivity contribution in [1.82, 2.24) is 0 Å². The Bertz CT molecular complexity index is 204. The van der Waals surface area contributed by atoms with Gasteiger partial charge in [0.2, 0.25) is 0 Å². The lowest BCUT2D eigenvalue weighted by Gasteiger charge is -2.22. The van der Waals surface area contributed by atoms with Crippen molar-refractivity contribution < 1.29 is 19.4 Å². The predicted octanol–water partition coefficient (Wildman–Crippen LogP) is 0.581. The summed E-state index contributed by atoms with van der Waals surface area (Å²) in [5.74, 6) is -0.0327. The Balaban J connectivity index is 2.37. The van der Waals surface area contributed by atoms with Crippen LogP contribution in [0.2, 0.25) is 0 Å².